The number of imidazole rings is 1. The first-order valence-electron chi connectivity index (χ1n) is 10.3. The summed E-state index contributed by atoms with van der Waals surface area (Å²) in [6, 6.07) is 5.49. The van der Waals surface area contributed by atoms with Crippen LogP contribution < -0.4 is 10.5 Å². The maximum absolute atomic E-state index is 12.4. The van der Waals surface area contributed by atoms with E-state index in [2.05, 4.69) is 25.0 Å². The van der Waals surface area contributed by atoms with Crippen molar-refractivity contribution >= 4 is 16.9 Å². The number of aromatic nitrogens is 6. The van der Waals surface area contributed by atoms with Gasteiger partial charge >= 0.3 is 6.18 Å². The molecule has 2 fully saturated rings. The number of hydrogen-bond donors (Lipinski definition) is 0. The largest absolute Gasteiger partial charge is 0.416 e. The Bertz CT molecular complexity index is 1300. The summed E-state index contributed by atoms with van der Waals surface area (Å²) in [5.74, 6) is 1.94. The zero-order chi connectivity index (χ0) is 23.2. The van der Waals surface area contributed by atoms with Crippen molar-refractivity contribution < 1.29 is 17.7 Å². The van der Waals surface area contributed by atoms with Gasteiger partial charge in [0.05, 0.1) is 11.9 Å². The minimum atomic E-state index is -4.23. The summed E-state index contributed by atoms with van der Waals surface area (Å²) in [5.41, 5.74) is 1.04. The molecule has 0 radical (unpaired) electrons. The van der Waals surface area contributed by atoms with E-state index < -0.39 is 11.7 Å². The molecule has 0 unspecified atom stereocenters. The summed E-state index contributed by atoms with van der Waals surface area (Å²) in [6.45, 7) is 2.22. The molecule has 0 N–H and O–H groups in total. The minimum absolute atomic E-state index is 0.187. The average molecular weight is 459 g/mol. The summed E-state index contributed by atoms with van der Waals surface area (Å²) in [4.78, 5) is 26.2. The highest BCUT2D eigenvalue weighted by molar-refractivity contribution is 5.68. The Morgan fingerprint density at radius 1 is 1.06 bits per heavy atom. The zero-order valence-electron chi connectivity index (χ0n) is 17.6. The van der Waals surface area contributed by atoms with Gasteiger partial charge < -0.3 is 14.0 Å². The molecule has 0 spiro atoms. The van der Waals surface area contributed by atoms with Crippen LogP contribution in [0.1, 0.15) is 17.9 Å². The third-order valence-electron chi connectivity index (χ3n) is 5.95. The van der Waals surface area contributed by atoms with Gasteiger partial charge in [0.25, 0.3) is 5.56 Å². The third-order valence-corrected chi connectivity index (χ3v) is 5.95. The maximum atomic E-state index is 12.4. The van der Waals surface area contributed by atoms with Gasteiger partial charge in [0.15, 0.2) is 17.5 Å². The van der Waals surface area contributed by atoms with Crippen molar-refractivity contribution in [1.29, 1.82) is 0 Å². The van der Waals surface area contributed by atoms with E-state index in [1.165, 1.54) is 35.8 Å². The average Bonchev–Trinajstić information content (AvgIpc) is 3.18. The van der Waals surface area contributed by atoms with Gasteiger partial charge in [-0.15, -0.1) is 0 Å². The number of aryl methyl sites for hydroxylation is 1. The maximum Gasteiger partial charge on any atom is 0.416 e. The molecule has 33 heavy (non-hydrogen) atoms. The van der Waals surface area contributed by atoms with Gasteiger partial charge in [-0.3, -0.25) is 9.36 Å². The monoisotopic (exact) mass is 459 g/mol. The highest BCUT2D eigenvalue weighted by Gasteiger charge is 2.45. The normalized spacial score (nSPS) is 19.3. The van der Waals surface area contributed by atoms with Crippen molar-refractivity contribution in [3.8, 4) is 0 Å². The van der Waals surface area contributed by atoms with E-state index in [9.17, 15) is 18.0 Å². The number of nitrogens with zero attached hydrogens (tertiary/aromatic N) is 7. The van der Waals surface area contributed by atoms with Crippen molar-refractivity contribution in [1.82, 2.24) is 29.2 Å². The smallest absolute Gasteiger partial charge is 0.371 e. The lowest BCUT2D eigenvalue weighted by Crippen LogP contribution is -2.22. The molecular weight excluding hydrogens is 439 g/mol. The molecule has 1 saturated heterocycles. The Morgan fingerprint density at radius 3 is 2.39 bits per heavy atom. The van der Waals surface area contributed by atoms with Crippen LogP contribution in [0.2, 0.25) is 0 Å². The molecule has 4 aromatic rings. The molecule has 9 nitrogen and oxygen atoms in total. The molecule has 0 bridgehead atoms. The first kappa shape index (κ1) is 21.2. The number of halogens is 3. The van der Waals surface area contributed by atoms with E-state index in [0.29, 0.717) is 17.1 Å². The molecule has 1 aromatic carbocycles. The van der Waals surface area contributed by atoms with Crippen molar-refractivity contribution in [2.45, 2.75) is 19.1 Å². The number of rotatable bonds is 3. The van der Waals surface area contributed by atoms with E-state index in [0.717, 1.165) is 30.6 Å². The lowest BCUT2D eigenvalue weighted by Gasteiger charge is -2.20. The molecule has 172 valence electrons. The zero-order valence-corrected chi connectivity index (χ0v) is 17.6. The van der Waals surface area contributed by atoms with Crippen LogP contribution in [-0.4, -0.2) is 42.3 Å². The molecule has 2 aliphatic rings. The fourth-order valence-electron chi connectivity index (χ4n) is 4.07. The molecule has 1 aliphatic carbocycles. The Hall–Kier alpha value is -3.70. The van der Waals surface area contributed by atoms with E-state index in [4.69, 9.17) is 4.52 Å². The molecular formula is C21H20F3N7O2. The minimum Gasteiger partial charge on any atom is -0.371 e. The summed E-state index contributed by atoms with van der Waals surface area (Å²) in [6.07, 6.45) is 1.33. The highest BCUT2D eigenvalue weighted by atomic mass is 19.4. The lowest BCUT2D eigenvalue weighted by molar-refractivity contribution is -0.137. The topological polar surface area (TPSA) is 94.9 Å². The third kappa shape index (κ3) is 4.32. The molecule has 2 atom stereocenters. The van der Waals surface area contributed by atoms with Crippen LogP contribution in [-0.2, 0) is 19.8 Å². The number of alkyl halides is 3. The Labute approximate surface area is 185 Å². The molecule has 0 amide bonds. The van der Waals surface area contributed by atoms with Crippen LogP contribution in [0.4, 0.5) is 18.9 Å². The van der Waals surface area contributed by atoms with Gasteiger partial charge in [0, 0.05) is 25.8 Å². The first-order chi connectivity index (χ1) is 15.8. The van der Waals surface area contributed by atoms with Gasteiger partial charge in [-0.25, -0.2) is 9.97 Å². The first-order valence-corrected chi connectivity index (χ1v) is 10.3. The molecule has 3 aromatic heterocycles. The number of fused-ring (bicyclic) bond motifs is 2. The van der Waals surface area contributed by atoms with Crippen LogP contribution in [0.25, 0.3) is 11.2 Å². The van der Waals surface area contributed by atoms with Crippen molar-refractivity contribution in [3.05, 3.63) is 65.1 Å². The Morgan fingerprint density at radius 2 is 1.76 bits per heavy atom. The van der Waals surface area contributed by atoms with E-state index >= 15 is 0 Å². The SMILES string of the molecule is Cn1cnc2ncn(Cc3ncno3)c(=O)c21.FC(F)(F)c1ccc(N2C[C@H]3C[C@H]3C2)cc1. The molecule has 6 rings (SSSR count). The quantitative estimate of drug-likeness (QED) is 0.465. The predicted molar refractivity (Wildman–Crippen MR) is 111 cm³/mol. The summed E-state index contributed by atoms with van der Waals surface area (Å²) in [5, 5.41) is 3.48. The predicted octanol–water partition coefficient (Wildman–Crippen LogP) is 2.72. The van der Waals surface area contributed by atoms with Crippen LogP contribution >= 0.6 is 0 Å². The second-order valence-electron chi connectivity index (χ2n) is 8.25. The van der Waals surface area contributed by atoms with Crippen LogP contribution in [0.5, 0.6) is 0 Å². The standard InChI is InChI=1S/C12H12F3N.C9H8N6O2/c13-12(14,15)10-1-3-11(4-2-10)16-6-8-5-9(8)7-16;1-14-4-11-8-7(14)9(16)15(5-12-8)2-6-10-3-13-17-6/h1-4,8-9H,5-7H2;3-5H,2H2,1H3/t8-,9+;. The fraction of sp³-hybridized carbons (Fsp3) is 0.381. The van der Waals surface area contributed by atoms with Crippen molar-refractivity contribution in [2.75, 3.05) is 18.0 Å². The van der Waals surface area contributed by atoms with Crippen molar-refractivity contribution in [3.63, 3.8) is 0 Å². The number of piperidine rings is 1. The summed E-state index contributed by atoms with van der Waals surface area (Å²) < 4.78 is 44.9. The number of hydrogen-bond acceptors (Lipinski definition) is 7. The van der Waals surface area contributed by atoms with E-state index in [-0.39, 0.29) is 12.1 Å². The number of benzene rings is 1. The van der Waals surface area contributed by atoms with Gasteiger partial charge in [-0.1, -0.05) is 5.16 Å². The second-order valence-corrected chi connectivity index (χ2v) is 8.25. The molecule has 4 heterocycles. The summed E-state index contributed by atoms with van der Waals surface area (Å²) in [7, 11) is 1.75. The van der Waals surface area contributed by atoms with Crippen LogP contribution in [0, 0.1) is 11.8 Å². The fourth-order valence-corrected chi connectivity index (χ4v) is 4.07. The second kappa shape index (κ2) is 8.01. The van der Waals surface area contributed by atoms with Gasteiger partial charge in [0.2, 0.25) is 5.89 Å². The Kier molecular flexibility index (Phi) is 5.14. The van der Waals surface area contributed by atoms with E-state index in [1.807, 2.05) is 0 Å². The van der Waals surface area contributed by atoms with E-state index in [1.54, 1.807) is 30.1 Å². The van der Waals surface area contributed by atoms with Crippen LogP contribution in [0.3, 0.4) is 0 Å². The molecule has 12 heteroatoms. The number of anilines is 1. The highest BCUT2D eigenvalue weighted by Crippen LogP contribution is 2.46. The van der Waals surface area contributed by atoms with Gasteiger partial charge in [-0.05, 0) is 42.5 Å². The van der Waals surface area contributed by atoms with Gasteiger partial charge in [-0.2, -0.15) is 18.2 Å². The summed E-state index contributed by atoms with van der Waals surface area (Å²) >= 11 is 0. The van der Waals surface area contributed by atoms with Crippen molar-refractivity contribution in [2.24, 2.45) is 18.9 Å². The lowest BCUT2D eigenvalue weighted by atomic mass is 10.2. The Balaban J connectivity index is 0.000000139. The molecule has 1 saturated carbocycles. The van der Waals surface area contributed by atoms with Gasteiger partial charge in [0.1, 0.15) is 12.9 Å². The molecule has 1 aliphatic heterocycles. The van der Waals surface area contributed by atoms with Crippen LogP contribution in [0.15, 0.2) is 52.6 Å².